The molecule has 0 amide bonds. The summed E-state index contributed by atoms with van der Waals surface area (Å²) >= 11 is 3.26. The fraction of sp³-hybridized carbons (Fsp3) is 0.182. The Balaban J connectivity index is 0.00000180. The van der Waals surface area contributed by atoms with E-state index >= 15 is 0 Å². The number of para-hydroxylation sites is 1. The van der Waals surface area contributed by atoms with Crippen molar-refractivity contribution >= 4 is 68.4 Å². The molecule has 0 aliphatic heterocycles. The van der Waals surface area contributed by atoms with Crippen molar-refractivity contribution < 1.29 is 14.7 Å². The first kappa shape index (κ1) is 16.2. The third-order valence-electron chi connectivity index (χ3n) is 2.51. The van der Waals surface area contributed by atoms with Gasteiger partial charge in [-0.05, 0) is 28.1 Å². The summed E-state index contributed by atoms with van der Waals surface area (Å²) in [4.78, 5) is 34.3. The van der Waals surface area contributed by atoms with E-state index in [2.05, 4.69) is 15.9 Å². The summed E-state index contributed by atoms with van der Waals surface area (Å²) in [6, 6.07) is 4.96. The summed E-state index contributed by atoms with van der Waals surface area (Å²) < 4.78 is 2.59. The molecule has 1 aromatic heterocycles. The van der Waals surface area contributed by atoms with Crippen molar-refractivity contribution in [2.24, 2.45) is 0 Å². The summed E-state index contributed by atoms with van der Waals surface area (Å²) in [6.45, 7) is 0.775. The fourth-order valence-corrected chi connectivity index (χ4v) is 2.38. The number of benzene rings is 1. The van der Waals surface area contributed by atoms with E-state index in [1.807, 2.05) is 0 Å². The molecule has 0 saturated carbocycles. The first-order valence-electron chi connectivity index (χ1n) is 5.06. The quantitative estimate of drug-likeness (QED) is 0.817. The van der Waals surface area contributed by atoms with Gasteiger partial charge in [0.25, 0.3) is 0 Å². The molecule has 1 heterocycles. The van der Waals surface area contributed by atoms with Crippen LogP contribution in [0.2, 0.25) is 0 Å². The molecule has 8 heteroatoms. The maximum absolute atomic E-state index is 12.0. The number of nitrogens with zero attached hydrogens (tertiary/aromatic N) is 2. The topological polar surface area (TPSA) is 81.3 Å². The van der Waals surface area contributed by atoms with E-state index in [0.717, 1.165) is 9.13 Å². The van der Waals surface area contributed by atoms with E-state index < -0.39 is 24.1 Å². The van der Waals surface area contributed by atoms with E-state index in [0.29, 0.717) is 15.5 Å². The van der Waals surface area contributed by atoms with Gasteiger partial charge in [-0.25, -0.2) is 9.36 Å². The van der Waals surface area contributed by atoms with Crippen LogP contribution in [0.3, 0.4) is 0 Å². The van der Waals surface area contributed by atoms with Crippen LogP contribution in [-0.4, -0.2) is 55.7 Å². The second-order valence-electron chi connectivity index (χ2n) is 3.72. The second-order valence-corrected chi connectivity index (χ2v) is 4.58. The standard InChI is InChI=1S/C11H9BrN2O4.Na.H/c1-6(15)14-10-7(12)3-2-4-8(10)13(11(14)18)5-9(16)17;;/h2-4H,5H2,1H3,(H,16,17);;. The molecule has 6 nitrogen and oxygen atoms in total. The van der Waals surface area contributed by atoms with E-state index in [9.17, 15) is 14.4 Å². The number of carbonyl (C=O) groups excluding carboxylic acids is 1. The van der Waals surface area contributed by atoms with Gasteiger partial charge in [0, 0.05) is 11.4 Å². The number of imidazole rings is 1. The summed E-state index contributed by atoms with van der Waals surface area (Å²) in [5.74, 6) is -1.60. The molecule has 0 bridgehead atoms. The summed E-state index contributed by atoms with van der Waals surface area (Å²) in [5.41, 5.74) is 0.148. The molecule has 0 aliphatic rings. The van der Waals surface area contributed by atoms with Gasteiger partial charge in [-0.2, -0.15) is 0 Å². The predicted octanol–water partition coefficient (Wildman–Crippen LogP) is 0.662. The van der Waals surface area contributed by atoms with Crippen LogP contribution in [0.15, 0.2) is 27.5 Å². The van der Waals surface area contributed by atoms with Crippen LogP contribution in [0.25, 0.3) is 11.0 Å². The second kappa shape index (κ2) is 6.04. The van der Waals surface area contributed by atoms with Crippen molar-refractivity contribution in [3.05, 3.63) is 33.2 Å². The fourth-order valence-electron chi connectivity index (χ4n) is 1.84. The Kier molecular flexibility index (Phi) is 5.14. The van der Waals surface area contributed by atoms with Crippen LogP contribution in [0.5, 0.6) is 0 Å². The van der Waals surface area contributed by atoms with Gasteiger partial charge >= 0.3 is 41.2 Å². The Bertz CT molecular complexity index is 719. The normalized spacial score (nSPS) is 10.2. The van der Waals surface area contributed by atoms with Gasteiger partial charge in [0.1, 0.15) is 6.54 Å². The molecule has 0 unspecified atom stereocenters. The van der Waals surface area contributed by atoms with Crippen LogP contribution in [0.1, 0.15) is 11.7 Å². The molecule has 0 saturated heterocycles. The number of halogens is 1. The molecule has 2 aromatic rings. The van der Waals surface area contributed by atoms with Gasteiger partial charge in [0.15, 0.2) is 0 Å². The molecule has 0 atom stereocenters. The van der Waals surface area contributed by atoms with Crippen molar-refractivity contribution in [1.82, 2.24) is 9.13 Å². The number of rotatable bonds is 2. The van der Waals surface area contributed by atoms with E-state index in [1.165, 1.54) is 6.92 Å². The van der Waals surface area contributed by atoms with Crippen LogP contribution >= 0.6 is 15.9 Å². The van der Waals surface area contributed by atoms with Crippen molar-refractivity contribution in [2.45, 2.75) is 13.5 Å². The van der Waals surface area contributed by atoms with Crippen LogP contribution < -0.4 is 5.69 Å². The maximum atomic E-state index is 12.0. The van der Waals surface area contributed by atoms with Crippen LogP contribution in [-0.2, 0) is 11.3 Å². The number of hydrogen-bond acceptors (Lipinski definition) is 3. The summed E-state index contributed by atoms with van der Waals surface area (Å²) in [6.07, 6.45) is 0. The van der Waals surface area contributed by atoms with E-state index in [4.69, 9.17) is 5.11 Å². The Morgan fingerprint density at radius 3 is 2.53 bits per heavy atom. The Labute approximate surface area is 138 Å². The van der Waals surface area contributed by atoms with Crippen molar-refractivity contribution in [2.75, 3.05) is 0 Å². The monoisotopic (exact) mass is 336 g/mol. The zero-order valence-electron chi connectivity index (χ0n) is 9.38. The van der Waals surface area contributed by atoms with Gasteiger partial charge in [0.05, 0.1) is 11.0 Å². The number of carboxylic acids is 1. The van der Waals surface area contributed by atoms with Gasteiger partial charge in [-0.15, -0.1) is 0 Å². The van der Waals surface area contributed by atoms with Gasteiger partial charge < -0.3 is 5.11 Å². The van der Waals surface area contributed by atoms with Crippen LogP contribution in [0.4, 0.5) is 0 Å². The third-order valence-corrected chi connectivity index (χ3v) is 3.15. The molecule has 2 rings (SSSR count). The number of carboxylic acid groups (broad SMARTS) is 1. The average Bonchev–Trinajstić information content (AvgIpc) is 2.54. The molecule has 0 aliphatic carbocycles. The minimum atomic E-state index is -1.14. The Morgan fingerprint density at radius 2 is 2.00 bits per heavy atom. The van der Waals surface area contributed by atoms with Crippen LogP contribution in [0, 0.1) is 0 Å². The number of hydrogen-bond donors (Lipinski definition) is 1. The van der Waals surface area contributed by atoms with Crippen molar-refractivity contribution in [3.63, 3.8) is 0 Å². The molecular weight excluding hydrogens is 327 g/mol. The molecule has 0 spiro atoms. The number of fused-ring (bicyclic) bond motifs is 1. The number of aliphatic carboxylic acids is 1. The molecule has 0 radical (unpaired) electrons. The zero-order valence-corrected chi connectivity index (χ0v) is 11.0. The van der Waals surface area contributed by atoms with Gasteiger partial charge in [-0.3, -0.25) is 14.2 Å². The Morgan fingerprint density at radius 1 is 1.37 bits per heavy atom. The molecule has 0 fully saturated rings. The number of aromatic nitrogens is 2. The predicted molar refractivity (Wildman–Crippen MR) is 75.0 cm³/mol. The SMILES string of the molecule is CC(=O)n1c(=O)n(CC(=O)O)c2cccc(Br)c21.[NaH]. The van der Waals surface area contributed by atoms with E-state index in [-0.39, 0.29) is 29.6 Å². The number of carbonyl (C=O) groups is 2. The first-order chi connectivity index (χ1) is 8.43. The Hall–Kier alpha value is -0.890. The minimum absolute atomic E-state index is 0. The van der Waals surface area contributed by atoms with Gasteiger partial charge in [0.2, 0.25) is 5.91 Å². The van der Waals surface area contributed by atoms with E-state index in [1.54, 1.807) is 18.2 Å². The zero-order chi connectivity index (χ0) is 13.4. The van der Waals surface area contributed by atoms with Crippen molar-refractivity contribution in [1.29, 1.82) is 0 Å². The first-order valence-corrected chi connectivity index (χ1v) is 5.85. The average molecular weight is 337 g/mol. The van der Waals surface area contributed by atoms with Crippen molar-refractivity contribution in [3.8, 4) is 0 Å². The summed E-state index contributed by atoms with van der Waals surface area (Å²) in [7, 11) is 0. The summed E-state index contributed by atoms with van der Waals surface area (Å²) in [5, 5.41) is 8.80. The molecule has 1 aromatic carbocycles. The molecule has 19 heavy (non-hydrogen) atoms. The molecular formula is C11H10BrN2NaO4. The molecule has 96 valence electrons. The van der Waals surface area contributed by atoms with Gasteiger partial charge in [-0.1, -0.05) is 6.07 Å². The third kappa shape index (κ3) is 2.84. The molecule has 1 N–H and O–H groups in total.